The molecule has 0 amide bonds. The minimum absolute atomic E-state index is 0.0954. The summed E-state index contributed by atoms with van der Waals surface area (Å²) in [6, 6.07) is 0.112. The van der Waals surface area contributed by atoms with Crippen LogP contribution in [0, 0.1) is 0 Å². The monoisotopic (exact) mass is 351 g/mol. The molecular weight excluding hydrogens is 326 g/mol. The van der Waals surface area contributed by atoms with Crippen LogP contribution in [0.1, 0.15) is 20.3 Å². The number of hydrogen-bond acceptors (Lipinski definition) is 6. The van der Waals surface area contributed by atoms with E-state index in [-0.39, 0.29) is 30.4 Å². The first-order chi connectivity index (χ1) is 11.9. The number of aliphatic hydroxyl groups excluding tert-OH is 1. The summed E-state index contributed by atoms with van der Waals surface area (Å²) in [7, 11) is 1.54. The number of hydrogen-bond donors (Lipinski definition) is 3. The van der Waals surface area contributed by atoms with Crippen LogP contribution in [0.25, 0.3) is 11.2 Å². The molecule has 2 rings (SSSR count). The number of rotatable bonds is 9. The first-order valence-electron chi connectivity index (χ1n) is 8.21. The number of aliphatic hydroxyl groups is 1. The van der Waals surface area contributed by atoms with Gasteiger partial charge in [-0.05, 0) is 13.3 Å². The number of anilines is 1. The summed E-state index contributed by atoms with van der Waals surface area (Å²) < 4.78 is 8.12. The SMILES string of the molecule is C=CCOCC(O)Cn1c(NC(C)CC)nc2c1c(=O)[nH]c(=O)n2C. The van der Waals surface area contributed by atoms with Gasteiger partial charge in [0.05, 0.1) is 25.9 Å². The number of H-pyrrole nitrogens is 1. The van der Waals surface area contributed by atoms with Gasteiger partial charge >= 0.3 is 5.69 Å². The summed E-state index contributed by atoms with van der Waals surface area (Å²) in [4.78, 5) is 30.8. The highest BCUT2D eigenvalue weighted by Crippen LogP contribution is 2.17. The zero-order valence-corrected chi connectivity index (χ0v) is 14.8. The van der Waals surface area contributed by atoms with Gasteiger partial charge in [0.25, 0.3) is 5.56 Å². The van der Waals surface area contributed by atoms with Gasteiger partial charge in [-0.1, -0.05) is 13.0 Å². The quantitative estimate of drug-likeness (QED) is 0.439. The maximum atomic E-state index is 12.3. The van der Waals surface area contributed by atoms with Crippen molar-refractivity contribution >= 4 is 17.1 Å². The van der Waals surface area contributed by atoms with Crippen LogP contribution in [0.2, 0.25) is 0 Å². The maximum Gasteiger partial charge on any atom is 0.329 e. The maximum absolute atomic E-state index is 12.3. The molecule has 0 spiro atoms. The number of aromatic nitrogens is 4. The predicted octanol–water partition coefficient (Wildman–Crippen LogP) is 0.197. The Morgan fingerprint density at radius 1 is 1.48 bits per heavy atom. The summed E-state index contributed by atoms with van der Waals surface area (Å²) in [6.45, 7) is 8.08. The second kappa shape index (κ2) is 8.13. The number of fused-ring (bicyclic) bond motifs is 1. The Bertz CT molecular complexity index is 851. The van der Waals surface area contributed by atoms with Crippen molar-refractivity contribution in [2.24, 2.45) is 7.05 Å². The number of nitrogens with zero attached hydrogens (tertiary/aromatic N) is 3. The predicted molar refractivity (Wildman–Crippen MR) is 96.0 cm³/mol. The van der Waals surface area contributed by atoms with E-state index < -0.39 is 17.4 Å². The molecule has 0 aliphatic rings. The highest BCUT2D eigenvalue weighted by Gasteiger charge is 2.20. The first-order valence-corrected chi connectivity index (χ1v) is 8.21. The van der Waals surface area contributed by atoms with Crippen LogP contribution in [0.5, 0.6) is 0 Å². The third-order valence-electron chi connectivity index (χ3n) is 3.93. The molecule has 0 aromatic carbocycles. The van der Waals surface area contributed by atoms with Crippen molar-refractivity contribution in [1.29, 1.82) is 0 Å². The molecule has 2 aromatic rings. The molecule has 2 atom stereocenters. The lowest BCUT2D eigenvalue weighted by Crippen LogP contribution is -2.30. The number of imidazole rings is 1. The summed E-state index contributed by atoms with van der Waals surface area (Å²) in [6.07, 6.45) is 1.60. The van der Waals surface area contributed by atoms with Crippen LogP contribution < -0.4 is 16.6 Å². The minimum atomic E-state index is -0.841. The van der Waals surface area contributed by atoms with Crippen molar-refractivity contribution in [3.8, 4) is 0 Å². The molecule has 0 aliphatic heterocycles. The fourth-order valence-electron chi connectivity index (χ4n) is 2.40. The van der Waals surface area contributed by atoms with Crippen molar-refractivity contribution in [3.05, 3.63) is 33.5 Å². The second-order valence-electron chi connectivity index (χ2n) is 5.97. The van der Waals surface area contributed by atoms with E-state index in [1.165, 1.54) is 11.6 Å². The van der Waals surface area contributed by atoms with Crippen LogP contribution in [0.3, 0.4) is 0 Å². The molecule has 0 fully saturated rings. The number of nitrogens with one attached hydrogen (secondary N) is 2. The number of aromatic amines is 1. The fraction of sp³-hybridized carbons (Fsp3) is 0.562. The second-order valence-corrected chi connectivity index (χ2v) is 5.97. The van der Waals surface area contributed by atoms with E-state index >= 15 is 0 Å². The molecule has 2 aromatic heterocycles. The molecule has 0 saturated heterocycles. The molecule has 138 valence electrons. The Hall–Kier alpha value is -2.39. The van der Waals surface area contributed by atoms with Gasteiger partial charge < -0.3 is 19.7 Å². The Balaban J connectivity index is 2.48. The van der Waals surface area contributed by atoms with Crippen LogP contribution >= 0.6 is 0 Å². The Kier molecular flexibility index (Phi) is 6.16. The van der Waals surface area contributed by atoms with Gasteiger partial charge in [-0.25, -0.2) is 4.79 Å². The smallest absolute Gasteiger partial charge is 0.329 e. The fourth-order valence-corrected chi connectivity index (χ4v) is 2.40. The van der Waals surface area contributed by atoms with Crippen molar-refractivity contribution in [1.82, 2.24) is 19.1 Å². The summed E-state index contributed by atoms with van der Waals surface area (Å²) in [5.41, 5.74) is -0.580. The summed E-state index contributed by atoms with van der Waals surface area (Å²) in [5, 5.41) is 13.4. The molecule has 0 saturated carbocycles. The Morgan fingerprint density at radius 2 is 2.20 bits per heavy atom. The lowest BCUT2D eigenvalue weighted by molar-refractivity contribution is 0.0405. The number of ether oxygens (including phenoxy) is 1. The van der Waals surface area contributed by atoms with Crippen LogP contribution in [-0.2, 0) is 18.3 Å². The van der Waals surface area contributed by atoms with E-state index in [1.54, 1.807) is 10.6 Å². The molecule has 2 unspecified atom stereocenters. The molecule has 2 heterocycles. The van der Waals surface area contributed by atoms with Gasteiger partial charge in [0.1, 0.15) is 0 Å². The van der Waals surface area contributed by atoms with Gasteiger partial charge in [-0.15, -0.1) is 6.58 Å². The van der Waals surface area contributed by atoms with Crippen molar-refractivity contribution in [3.63, 3.8) is 0 Å². The van der Waals surface area contributed by atoms with E-state index in [0.717, 1.165) is 6.42 Å². The normalized spacial score (nSPS) is 13.8. The minimum Gasteiger partial charge on any atom is -0.389 e. The summed E-state index contributed by atoms with van der Waals surface area (Å²) in [5.74, 6) is 0.429. The Labute approximate surface area is 145 Å². The first kappa shape index (κ1) is 18.9. The van der Waals surface area contributed by atoms with E-state index in [1.807, 2.05) is 13.8 Å². The van der Waals surface area contributed by atoms with E-state index in [2.05, 4.69) is 21.9 Å². The van der Waals surface area contributed by atoms with Crippen molar-refractivity contribution < 1.29 is 9.84 Å². The van der Waals surface area contributed by atoms with Crippen molar-refractivity contribution in [2.45, 2.75) is 39.0 Å². The zero-order valence-electron chi connectivity index (χ0n) is 14.8. The molecule has 3 N–H and O–H groups in total. The highest BCUT2D eigenvalue weighted by atomic mass is 16.5. The number of aryl methyl sites for hydroxylation is 1. The summed E-state index contributed by atoms with van der Waals surface area (Å²) >= 11 is 0. The molecule has 0 aliphatic carbocycles. The van der Waals surface area contributed by atoms with E-state index in [4.69, 9.17) is 4.74 Å². The van der Waals surface area contributed by atoms with Crippen LogP contribution in [0.4, 0.5) is 5.95 Å². The largest absolute Gasteiger partial charge is 0.389 e. The van der Waals surface area contributed by atoms with Gasteiger partial charge in [0.2, 0.25) is 5.95 Å². The lowest BCUT2D eigenvalue weighted by atomic mass is 10.3. The van der Waals surface area contributed by atoms with E-state index in [9.17, 15) is 14.7 Å². The topological polar surface area (TPSA) is 114 Å². The molecule has 0 radical (unpaired) electrons. The van der Waals surface area contributed by atoms with E-state index in [0.29, 0.717) is 12.6 Å². The molecule has 9 heteroatoms. The highest BCUT2D eigenvalue weighted by molar-refractivity contribution is 5.74. The molecule has 9 nitrogen and oxygen atoms in total. The molecule has 25 heavy (non-hydrogen) atoms. The molecular formula is C16H25N5O4. The lowest BCUT2D eigenvalue weighted by Gasteiger charge is -2.17. The van der Waals surface area contributed by atoms with Gasteiger partial charge in [0.15, 0.2) is 11.2 Å². The zero-order chi connectivity index (χ0) is 18.6. The van der Waals surface area contributed by atoms with Gasteiger partial charge in [-0.3, -0.25) is 14.3 Å². The standard InChI is InChI=1S/C16H25N5O4/c1-5-7-25-9-11(22)8-21-12-13(18-15(21)17-10(3)6-2)20(4)16(24)19-14(12)23/h5,10-11,22H,1,6-9H2,2-4H3,(H,17,18)(H,19,23,24). The van der Waals surface area contributed by atoms with Gasteiger partial charge in [-0.2, -0.15) is 4.98 Å². The van der Waals surface area contributed by atoms with Crippen LogP contribution in [0.15, 0.2) is 22.2 Å². The average molecular weight is 351 g/mol. The van der Waals surface area contributed by atoms with Crippen LogP contribution in [-0.4, -0.2) is 49.6 Å². The van der Waals surface area contributed by atoms with Crippen molar-refractivity contribution in [2.75, 3.05) is 18.5 Å². The average Bonchev–Trinajstić information content (AvgIpc) is 2.91. The third kappa shape index (κ3) is 4.18. The molecule has 0 bridgehead atoms. The Morgan fingerprint density at radius 3 is 2.84 bits per heavy atom. The third-order valence-corrected chi connectivity index (χ3v) is 3.93. The van der Waals surface area contributed by atoms with Gasteiger partial charge in [0, 0.05) is 13.1 Å².